The van der Waals surface area contributed by atoms with Crippen molar-refractivity contribution >= 4 is 29.1 Å². The Morgan fingerprint density at radius 2 is 1.56 bits per heavy atom. The first-order valence-electron chi connectivity index (χ1n) is 14.0. The highest BCUT2D eigenvalue weighted by atomic mass is 16.5. The molecule has 0 spiro atoms. The number of carbonyl (C=O) groups is 3. The Balaban J connectivity index is 1.14. The van der Waals surface area contributed by atoms with Crippen molar-refractivity contribution in [1.82, 2.24) is 10.2 Å². The average molecular weight is 557 g/mol. The molecule has 0 saturated carbocycles. The molecule has 1 unspecified atom stereocenters. The lowest BCUT2D eigenvalue weighted by atomic mass is 10.1. The molecule has 214 valence electrons. The van der Waals surface area contributed by atoms with E-state index in [4.69, 9.17) is 4.74 Å². The molecule has 2 heterocycles. The first kappa shape index (κ1) is 28.3. The maximum absolute atomic E-state index is 13.1. The lowest BCUT2D eigenvalue weighted by Crippen LogP contribution is -2.50. The van der Waals surface area contributed by atoms with Crippen LogP contribution in [0.25, 0.3) is 0 Å². The minimum absolute atomic E-state index is 0.0728. The zero-order valence-corrected chi connectivity index (χ0v) is 23.7. The van der Waals surface area contributed by atoms with Crippen LogP contribution in [0, 0.1) is 6.92 Å². The van der Waals surface area contributed by atoms with Crippen molar-refractivity contribution in [3.8, 4) is 5.75 Å². The van der Waals surface area contributed by atoms with E-state index in [-0.39, 0.29) is 29.3 Å². The average Bonchev–Trinajstić information content (AvgIpc) is 3.21. The first-order valence-corrected chi connectivity index (χ1v) is 14.0. The predicted octanol–water partition coefficient (Wildman–Crippen LogP) is 3.50. The Labute approximate surface area is 240 Å². The van der Waals surface area contributed by atoms with Crippen LogP contribution >= 0.6 is 0 Å². The van der Waals surface area contributed by atoms with Crippen LogP contribution in [0.5, 0.6) is 5.75 Å². The molecular weight excluding hydrogens is 520 g/mol. The number of carbonyl (C=O) groups excluding carboxylic acids is 3. The topological polar surface area (TPSA) is 102 Å². The summed E-state index contributed by atoms with van der Waals surface area (Å²) < 4.78 is 5.97. The molecule has 5 rings (SSSR count). The number of amides is 3. The standard InChI is InChI=1S/C32H36N4O5/c1-21(2)41-29-11-7-6-10-28(29)35-16-14-34(15-17-35)20-24(37)19-33-30(38)23-12-13-25-26(18-23)32(40)36(31(25)39)27-9-5-4-8-22(27)3/h4-13,18,21,24,37H,14-17,19-20H2,1-3H3,(H,33,38). The molecule has 2 N–H and O–H groups in total. The molecule has 1 saturated heterocycles. The van der Waals surface area contributed by atoms with E-state index in [0.29, 0.717) is 12.2 Å². The van der Waals surface area contributed by atoms with Crippen molar-refractivity contribution in [2.45, 2.75) is 33.0 Å². The second-order valence-electron chi connectivity index (χ2n) is 10.8. The zero-order chi connectivity index (χ0) is 29.1. The van der Waals surface area contributed by atoms with Gasteiger partial charge in [0.2, 0.25) is 0 Å². The van der Waals surface area contributed by atoms with E-state index in [1.807, 2.05) is 51.1 Å². The Bertz CT molecular complexity index is 1450. The van der Waals surface area contributed by atoms with Gasteiger partial charge in [0.1, 0.15) is 5.75 Å². The summed E-state index contributed by atoms with van der Waals surface area (Å²) in [5, 5.41) is 13.4. The zero-order valence-electron chi connectivity index (χ0n) is 23.7. The summed E-state index contributed by atoms with van der Waals surface area (Å²) in [6, 6.07) is 19.7. The Kier molecular flexibility index (Phi) is 8.37. The van der Waals surface area contributed by atoms with E-state index in [1.165, 1.54) is 18.2 Å². The van der Waals surface area contributed by atoms with Crippen LogP contribution in [-0.2, 0) is 0 Å². The van der Waals surface area contributed by atoms with E-state index in [2.05, 4.69) is 21.2 Å². The van der Waals surface area contributed by atoms with Crippen LogP contribution in [0.3, 0.4) is 0 Å². The summed E-state index contributed by atoms with van der Waals surface area (Å²) in [5.41, 5.74) is 3.14. The number of hydrogen-bond donors (Lipinski definition) is 2. The summed E-state index contributed by atoms with van der Waals surface area (Å²) in [4.78, 5) is 44.6. The van der Waals surface area contributed by atoms with Crippen LogP contribution in [-0.4, -0.2) is 79.2 Å². The molecule has 3 aromatic rings. The molecule has 9 nitrogen and oxygen atoms in total. The molecule has 3 amide bonds. The highest BCUT2D eigenvalue weighted by molar-refractivity contribution is 6.35. The summed E-state index contributed by atoms with van der Waals surface area (Å²) >= 11 is 0. The van der Waals surface area contributed by atoms with E-state index in [1.54, 1.807) is 12.1 Å². The number of aliphatic hydroxyl groups excluding tert-OH is 1. The molecule has 2 aliphatic rings. The van der Waals surface area contributed by atoms with Crippen LogP contribution < -0.4 is 19.9 Å². The van der Waals surface area contributed by atoms with Crippen molar-refractivity contribution in [3.05, 3.63) is 89.0 Å². The molecule has 0 bridgehead atoms. The van der Waals surface area contributed by atoms with Gasteiger partial charge in [-0.2, -0.15) is 0 Å². The van der Waals surface area contributed by atoms with Crippen LogP contribution in [0.2, 0.25) is 0 Å². The maximum Gasteiger partial charge on any atom is 0.266 e. The lowest BCUT2D eigenvalue weighted by molar-refractivity contribution is 0.0851. The largest absolute Gasteiger partial charge is 0.489 e. The van der Waals surface area contributed by atoms with Crippen LogP contribution in [0.1, 0.15) is 50.5 Å². The number of anilines is 2. The number of piperazine rings is 1. The van der Waals surface area contributed by atoms with Gasteiger partial charge in [-0.05, 0) is 62.7 Å². The molecule has 0 aromatic heterocycles. The van der Waals surface area contributed by atoms with Crippen LogP contribution in [0.15, 0.2) is 66.7 Å². The molecule has 3 aromatic carbocycles. The van der Waals surface area contributed by atoms with Crippen molar-refractivity contribution in [2.75, 3.05) is 49.1 Å². The van der Waals surface area contributed by atoms with Crippen molar-refractivity contribution in [1.29, 1.82) is 0 Å². The molecule has 2 aliphatic heterocycles. The number of aliphatic hydroxyl groups is 1. The van der Waals surface area contributed by atoms with Gasteiger partial charge in [-0.15, -0.1) is 0 Å². The number of benzene rings is 3. The number of hydrogen-bond acceptors (Lipinski definition) is 7. The van der Waals surface area contributed by atoms with Gasteiger partial charge in [0, 0.05) is 44.8 Å². The summed E-state index contributed by atoms with van der Waals surface area (Å²) in [5.74, 6) is -0.392. The van der Waals surface area contributed by atoms with E-state index >= 15 is 0 Å². The fraction of sp³-hybridized carbons (Fsp3) is 0.344. The highest BCUT2D eigenvalue weighted by Crippen LogP contribution is 2.31. The molecule has 9 heteroatoms. The number of nitrogens with one attached hydrogen (secondary N) is 1. The van der Waals surface area contributed by atoms with Gasteiger partial charge < -0.3 is 20.1 Å². The van der Waals surface area contributed by atoms with Crippen LogP contribution in [0.4, 0.5) is 11.4 Å². The Morgan fingerprint density at radius 3 is 2.27 bits per heavy atom. The lowest BCUT2D eigenvalue weighted by Gasteiger charge is -2.37. The Morgan fingerprint density at radius 1 is 0.902 bits per heavy atom. The van der Waals surface area contributed by atoms with Gasteiger partial charge >= 0.3 is 0 Å². The SMILES string of the molecule is Cc1ccccc1N1C(=O)c2ccc(C(=O)NCC(O)CN3CCN(c4ccccc4OC(C)C)CC3)cc2C1=O. The number of ether oxygens (including phenoxy) is 1. The van der Waals surface area contributed by atoms with E-state index in [0.717, 1.165) is 48.1 Å². The Hall–Kier alpha value is -4.21. The molecule has 1 fully saturated rings. The van der Waals surface area contributed by atoms with Gasteiger partial charge in [0.25, 0.3) is 17.7 Å². The number of imide groups is 1. The fourth-order valence-electron chi connectivity index (χ4n) is 5.33. The number of aryl methyl sites for hydroxylation is 1. The molecule has 0 aliphatic carbocycles. The second kappa shape index (κ2) is 12.1. The second-order valence-corrected chi connectivity index (χ2v) is 10.8. The minimum Gasteiger partial charge on any atom is -0.489 e. The summed E-state index contributed by atoms with van der Waals surface area (Å²) in [6.07, 6.45) is -0.660. The third kappa shape index (κ3) is 6.11. The third-order valence-electron chi connectivity index (χ3n) is 7.41. The smallest absolute Gasteiger partial charge is 0.266 e. The van der Waals surface area contributed by atoms with Gasteiger partial charge in [0.15, 0.2) is 0 Å². The summed E-state index contributed by atoms with van der Waals surface area (Å²) in [7, 11) is 0. The summed E-state index contributed by atoms with van der Waals surface area (Å²) in [6.45, 7) is 9.53. The number of rotatable bonds is 9. The minimum atomic E-state index is -0.753. The maximum atomic E-state index is 13.1. The number of fused-ring (bicyclic) bond motifs is 1. The third-order valence-corrected chi connectivity index (χ3v) is 7.41. The molecule has 1 atom stereocenters. The first-order chi connectivity index (χ1) is 19.7. The fourth-order valence-corrected chi connectivity index (χ4v) is 5.33. The van der Waals surface area contributed by atoms with Gasteiger partial charge in [-0.1, -0.05) is 30.3 Å². The van der Waals surface area contributed by atoms with E-state index < -0.39 is 23.8 Å². The molecule has 41 heavy (non-hydrogen) atoms. The van der Waals surface area contributed by atoms with Crippen molar-refractivity contribution in [3.63, 3.8) is 0 Å². The normalized spacial score (nSPS) is 16.2. The highest BCUT2D eigenvalue weighted by Gasteiger charge is 2.37. The predicted molar refractivity (Wildman–Crippen MR) is 158 cm³/mol. The van der Waals surface area contributed by atoms with Gasteiger partial charge in [-0.25, -0.2) is 4.90 Å². The molecular formula is C32H36N4O5. The monoisotopic (exact) mass is 556 g/mol. The number of para-hydroxylation sites is 3. The number of β-amino-alcohol motifs (C(OH)–C–C–N with tert-alkyl or cyclic N) is 1. The van der Waals surface area contributed by atoms with Crippen molar-refractivity contribution < 1.29 is 24.2 Å². The van der Waals surface area contributed by atoms with Gasteiger partial charge in [-0.3, -0.25) is 19.3 Å². The number of nitrogens with zero attached hydrogens (tertiary/aromatic N) is 3. The molecule has 0 radical (unpaired) electrons. The van der Waals surface area contributed by atoms with E-state index in [9.17, 15) is 19.5 Å². The quantitative estimate of drug-likeness (QED) is 0.389. The van der Waals surface area contributed by atoms with Crippen molar-refractivity contribution in [2.24, 2.45) is 0 Å². The van der Waals surface area contributed by atoms with Gasteiger partial charge in [0.05, 0.1) is 34.7 Å².